The van der Waals surface area contributed by atoms with Gasteiger partial charge >= 0.3 is 42.8 Å². The second kappa shape index (κ2) is 13.1. The van der Waals surface area contributed by atoms with E-state index in [2.05, 4.69) is 122 Å². The van der Waals surface area contributed by atoms with Crippen LogP contribution in [0.3, 0.4) is 0 Å². The molecule has 0 unspecified atom stereocenters. The first-order valence-corrected chi connectivity index (χ1v) is 25.6. The summed E-state index contributed by atoms with van der Waals surface area (Å²) in [4.78, 5) is 0. The van der Waals surface area contributed by atoms with E-state index in [0.29, 0.717) is 0 Å². The average molecular weight is 711 g/mol. The zero-order chi connectivity index (χ0) is 22.7. The van der Waals surface area contributed by atoms with Crippen molar-refractivity contribution in [2.75, 3.05) is 0 Å². The van der Waals surface area contributed by atoms with Crippen LogP contribution in [-0.4, -0.2) is 10.1 Å². The van der Waals surface area contributed by atoms with Crippen LogP contribution < -0.4 is 24.8 Å². The van der Waals surface area contributed by atoms with Crippen molar-refractivity contribution in [1.82, 2.24) is 0 Å². The van der Waals surface area contributed by atoms with Crippen molar-refractivity contribution in [3.63, 3.8) is 0 Å². The Balaban J connectivity index is 0.000000198. The first-order valence-electron chi connectivity index (χ1n) is 11.0. The van der Waals surface area contributed by atoms with Crippen LogP contribution in [-0.2, 0) is 21.3 Å². The quantitative estimate of drug-likeness (QED) is 0.168. The monoisotopic (exact) mass is 712 g/mol. The van der Waals surface area contributed by atoms with Crippen LogP contribution in [0.2, 0.25) is 11.5 Å². The molecule has 34 heavy (non-hydrogen) atoms. The first-order chi connectivity index (χ1) is 15.4. The van der Waals surface area contributed by atoms with Gasteiger partial charge in [-0.1, -0.05) is 85.3 Å². The van der Waals surface area contributed by atoms with Gasteiger partial charge < -0.3 is 24.8 Å². The molecule has 0 aromatic heterocycles. The number of halogens is 2. The van der Waals surface area contributed by atoms with Gasteiger partial charge in [0.2, 0.25) is 0 Å². The molecule has 0 radical (unpaired) electrons. The molecule has 0 aliphatic rings. The number of hydrogen-bond donors (Lipinski definition) is 0. The summed E-state index contributed by atoms with van der Waals surface area (Å²) in [6.45, 7) is 4.30. The zero-order valence-electron chi connectivity index (χ0n) is 20.0. The minimum absolute atomic E-state index is 0. The van der Waals surface area contributed by atoms with Crippen molar-refractivity contribution < 1.29 is 46.1 Å². The third kappa shape index (κ3) is 6.85. The van der Waals surface area contributed by atoms with E-state index in [-0.39, 0.29) is 34.9 Å². The van der Waals surface area contributed by atoms with Crippen molar-refractivity contribution in [3.05, 3.63) is 108 Å². The number of benzene rings is 4. The maximum Gasteiger partial charge on any atom is -1.00 e. The molecule has 0 fully saturated rings. The summed E-state index contributed by atoms with van der Waals surface area (Å²) < 4.78 is 0. The minimum atomic E-state index is -0.194. The van der Waals surface area contributed by atoms with Crippen molar-refractivity contribution in [1.29, 1.82) is 0 Å². The predicted molar refractivity (Wildman–Crippen MR) is 141 cm³/mol. The van der Waals surface area contributed by atoms with Crippen molar-refractivity contribution >= 4 is 53.1 Å². The molecule has 0 saturated heterocycles. The van der Waals surface area contributed by atoms with Crippen molar-refractivity contribution in [3.8, 4) is 0 Å². The van der Waals surface area contributed by atoms with E-state index in [1.165, 1.54) is 75.5 Å². The Morgan fingerprint density at radius 3 is 1.29 bits per heavy atom. The van der Waals surface area contributed by atoms with Gasteiger partial charge in [0.1, 0.15) is 0 Å². The molecule has 0 atom stereocenters. The summed E-state index contributed by atoms with van der Waals surface area (Å²) >= 11 is 1.52. The molecule has 0 saturated carbocycles. The van der Waals surface area contributed by atoms with E-state index < -0.39 is 0 Å². The van der Waals surface area contributed by atoms with Gasteiger partial charge in [0.15, 0.2) is 0 Å². The van der Waals surface area contributed by atoms with Gasteiger partial charge in [-0.15, -0.1) is 56.9 Å². The minimum Gasteiger partial charge on any atom is -1.00 e. The second-order valence-electron chi connectivity index (χ2n) is 8.64. The number of hydrogen-bond acceptors (Lipinski definition) is 0. The molecule has 6 aromatic carbocycles. The summed E-state index contributed by atoms with van der Waals surface area (Å²) in [5.41, 5.74) is 2.69. The van der Waals surface area contributed by atoms with Crippen LogP contribution in [0, 0.1) is 13.8 Å². The Morgan fingerprint density at radius 1 is 0.559 bits per heavy atom. The van der Waals surface area contributed by atoms with Gasteiger partial charge in [0, 0.05) is 0 Å². The Kier molecular flexibility index (Phi) is 11.1. The molecule has 6 aromatic rings. The van der Waals surface area contributed by atoms with E-state index in [0.717, 1.165) is 0 Å². The van der Waals surface area contributed by atoms with Gasteiger partial charge in [-0.2, -0.15) is 12.1 Å². The van der Waals surface area contributed by atoms with Crippen LogP contribution in [0.1, 0.15) is 11.1 Å². The van der Waals surface area contributed by atoms with Crippen molar-refractivity contribution in [2.24, 2.45) is 0 Å². The van der Waals surface area contributed by atoms with E-state index in [4.69, 9.17) is 0 Å². The normalized spacial score (nSPS) is 10.1. The van der Waals surface area contributed by atoms with Gasteiger partial charge in [0.25, 0.3) is 0 Å². The van der Waals surface area contributed by atoms with E-state index in [1.54, 1.807) is 0 Å². The van der Waals surface area contributed by atoms with Crippen LogP contribution in [0.15, 0.2) is 97.1 Å². The maximum absolute atomic E-state index is 2.40. The van der Waals surface area contributed by atoms with Gasteiger partial charge in [-0.05, 0) is 10.8 Å². The molecule has 0 bridgehead atoms. The zero-order valence-corrected chi connectivity index (χ0v) is 27.2. The molecule has 172 valence electrons. The van der Waals surface area contributed by atoms with Crippen LogP contribution >= 0.6 is 0 Å². The fourth-order valence-corrected chi connectivity index (χ4v) is 4.23. The number of rotatable bonds is 0. The summed E-state index contributed by atoms with van der Waals surface area (Å²) in [6, 6.07) is 34.9. The molecule has 0 nitrogen and oxygen atoms in total. The molecule has 6 rings (SSSR count). The van der Waals surface area contributed by atoms with Gasteiger partial charge in [-0.25, -0.2) is 0 Å². The molecule has 4 heteroatoms. The van der Waals surface area contributed by atoms with Gasteiger partial charge in [-0.3, -0.25) is 0 Å². The fourth-order valence-electron chi connectivity index (χ4n) is 4.23. The first kappa shape index (κ1) is 28.8. The van der Waals surface area contributed by atoms with Crippen LogP contribution in [0.25, 0.3) is 43.1 Å². The van der Waals surface area contributed by atoms with E-state index in [1.807, 2.05) is 0 Å². The molecular formula is C30H28Cl2GeHf-2. The average Bonchev–Trinajstić information content (AvgIpc) is 3.35. The smallest absolute Gasteiger partial charge is 1.00 e. The number of aryl methyl sites for hydroxylation is 2. The van der Waals surface area contributed by atoms with Crippen LogP contribution in [0.4, 0.5) is 0 Å². The number of fused-ring (bicyclic) bond motifs is 6. The molecule has 0 aliphatic heterocycles. The fraction of sp³-hybridized carbons (Fsp3) is 0.133. The van der Waals surface area contributed by atoms with Crippen LogP contribution in [0.5, 0.6) is 0 Å². The standard InChI is InChI=1S/2C14H11.C2H6Ge.2ClH.Hf/c2*1-10-8-12-7-6-11-4-2-3-5-13(11)14(12)9-10;1-3-2;;;/h2*2-9H,1H3;1-2H3;2*1H;/q2*-1;;;;+2/p-2. The maximum atomic E-state index is 2.40. The Bertz CT molecular complexity index is 1430. The Hall–Kier alpha value is -1.39. The van der Waals surface area contributed by atoms with Gasteiger partial charge in [0.05, 0.1) is 0 Å². The summed E-state index contributed by atoms with van der Waals surface area (Å²) in [5.74, 6) is 4.79. The summed E-state index contributed by atoms with van der Waals surface area (Å²) in [6.07, 6.45) is 0. The Morgan fingerprint density at radius 2 is 0.912 bits per heavy atom. The third-order valence-corrected chi connectivity index (χ3v) is 5.52. The van der Waals surface area contributed by atoms with Crippen molar-refractivity contribution in [2.45, 2.75) is 25.4 Å². The predicted octanol–water partition coefficient (Wildman–Crippen LogP) is 2.83. The third-order valence-electron chi connectivity index (χ3n) is 5.52. The second-order valence-corrected chi connectivity index (χ2v) is 31.5. The SMILES string of the molecule is Cc1cc2c(ccc3ccccc32)[cH-]1.Cc1cc2c(ccc3ccccc32)[cH-]1.[CH3][Ge]([CH3])=[Hf+2].[Cl-].[Cl-]. The van der Waals surface area contributed by atoms with E-state index >= 15 is 0 Å². The molecule has 0 aliphatic carbocycles. The summed E-state index contributed by atoms with van der Waals surface area (Å²) in [7, 11) is -0.194. The Labute approximate surface area is 231 Å². The molecule has 0 N–H and O–H groups in total. The van der Waals surface area contributed by atoms with E-state index in [9.17, 15) is 0 Å². The molecule has 0 amide bonds. The molecule has 0 spiro atoms. The topological polar surface area (TPSA) is 0 Å². The molecule has 0 heterocycles. The largest absolute Gasteiger partial charge is 1.00 e. The molecular weight excluding hydrogens is 682 g/mol. The summed E-state index contributed by atoms with van der Waals surface area (Å²) in [5, 5.41) is 10.8.